The SMILES string of the molecule is CC(C)(O)C(C)(C)NC(=O)c1ccc(Br)cn1. The first-order valence-corrected chi connectivity index (χ1v) is 6.09. The van der Waals surface area contributed by atoms with Gasteiger partial charge in [-0.25, -0.2) is 4.98 Å². The maximum Gasteiger partial charge on any atom is 0.270 e. The van der Waals surface area contributed by atoms with E-state index in [4.69, 9.17) is 0 Å². The molecule has 0 fully saturated rings. The minimum Gasteiger partial charge on any atom is -0.388 e. The molecule has 2 N–H and O–H groups in total. The van der Waals surface area contributed by atoms with Gasteiger partial charge in [-0.1, -0.05) is 0 Å². The predicted octanol–water partition coefficient (Wildman–Crippen LogP) is 2.12. The van der Waals surface area contributed by atoms with Gasteiger partial charge in [-0.05, 0) is 55.8 Å². The monoisotopic (exact) mass is 300 g/mol. The van der Waals surface area contributed by atoms with Gasteiger partial charge in [0.15, 0.2) is 0 Å². The summed E-state index contributed by atoms with van der Waals surface area (Å²) < 4.78 is 0.816. The van der Waals surface area contributed by atoms with E-state index in [2.05, 4.69) is 26.2 Å². The second kappa shape index (κ2) is 4.74. The molecule has 0 atom stereocenters. The van der Waals surface area contributed by atoms with Crippen LogP contribution in [0.4, 0.5) is 0 Å². The van der Waals surface area contributed by atoms with E-state index in [-0.39, 0.29) is 5.91 Å². The van der Waals surface area contributed by atoms with Crippen molar-refractivity contribution < 1.29 is 9.90 Å². The summed E-state index contributed by atoms with van der Waals surface area (Å²) in [5.74, 6) is -0.301. The Balaban J connectivity index is 2.83. The lowest BCUT2D eigenvalue weighted by Crippen LogP contribution is -2.57. The van der Waals surface area contributed by atoms with E-state index >= 15 is 0 Å². The van der Waals surface area contributed by atoms with E-state index in [1.165, 1.54) is 0 Å². The minimum absolute atomic E-state index is 0.301. The number of pyridine rings is 1. The van der Waals surface area contributed by atoms with E-state index in [9.17, 15) is 9.90 Å². The molecule has 0 spiro atoms. The highest BCUT2D eigenvalue weighted by Crippen LogP contribution is 2.21. The predicted molar refractivity (Wildman–Crippen MR) is 69.8 cm³/mol. The van der Waals surface area contributed by atoms with Crippen LogP contribution >= 0.6 is 15.9 Å². The lowest BCUT2D eigenvalue weighted by Gasteiger charge is -2.37. The van der Waals surface area contributed by atoms with Crippen molar-refractivity contribution in [1.29, 1.82) is 0 Å². The summed E-state index contributed by atoms with van der Waals surface area (Å²) in [6, 6.07) is 3.37. The van der Waals surface area contributed by atoms with Crippen LogP contribution in [0.3, 0.4) is 0 Å². The van der Waals surface area contributed by atoms with Gasteiger partial charge in [0.2, 0.25) is 0 Å². The van der Waals surface area contributed by atoms with Crippen molar-refractivity contribution in [1.82, 2.24) is 10.3 Å². The van der Waals surface area contributed by atoms with E-state index in [0.717, 1.165) is 4.47 Å². The van der Waals surface area contributed by atoms with Crippen LogP contribution in [0.15, 0.2) is 22.8 Å². The number of rotatable bonds is 3. The smallest absolute Gasteiger partial charge is 0.270 e. The van der Waals surface area contributed by atoms with Gasteiger partial charge in [-0.2, -0.15) is 0 Å². The van der Waals surface area contributed by atoms with Crippen molar-refractivity contribution in [3.05, 3.63) is 28.5 Å². The van der Waals surface area contributed by atoms with Gasteiger partial charge in [0.05, 0.1) is 11.1 Å². The maximum atomic E-state index is 11.9. The zero-order chi connectivity index (χ0) is 13.3. The second-order valence-electron chi connectivity index (χ2n) is 5.00. The van der Waals surface area contributed by atoms with Crippen LogP contribution in [0.1, 0.15) is 38.2 Å². The van der Waals surface area contributed by atoms with Gasteiger partial charge in [0, 0.05) is 10.7 Å². The Hall–Kier alpha value is -0.940. The number of halogens is 1. The molecule has 0 saturated heterocycles. The van der Waals surface area contributed by atoms with Crippen LogP contribution in [-0.4, -0.2) is 27.1 Å². The first-order chi connectivity index (χ1) is 7.63. The molecular formula is C12H17BrN2O2. The standard InChI is InChI=1S/C12H17BrN2O2/c1-11(2,12(3,4)17)15-10(16)9-6-5-8(13)7-14-9/h5-7,17H,1-4H3,(H,15,16). The van der Waals surface area contributed by atoms with Crippen molar-refractivity contribution in [3.8, 4) is 0 Å². The summed E-state index contributed by atoms with van der Waals surface area (Å²) in [6.07, 6.45) is 1.56. The van der Waals surface area contributed by atoms with Crippen LogP contribution < -0.4 is 5.32 Å². The highest BCUT2D eigenvalue weighted by molar-refractivity contribution is 9.10. The minimum atomic E-state index is -1.02. The van der Waals surface area contributed by atoms with E-state index in [1.54, 1.807) is 46.0 Å². The average molecular weight is 301 g/mol. The number of aliphatic hydroxyl groups is 1. The highest BCUT2D eigenvalue weighted by atomic mass is 79.9. The molecule has 0 aromatic carbocycles. The van der Waals surface area contributed by atoms with Gasteiger partial charge in [-0.15, -0.1) is 0 Å². The third-order valence-electron chi connectivity index (χ3n) is 2.92. The fraction of sp³-hybridized carbons (Fsp3) is 0.500. The molecule has 1 rings (SSSR count). The number of carbonyl (C=O) groups excluding carboxylic acids is 1. The summed E-state index contributed by atoms with van der Waals surface area (Å²) in [7, 11) is 0. The molecule has 1 amide bonds. The molecule has 4 nitrogen and oxygen atoms in total. The van der Waals surface area contributed by atoms with E-state index < -0.39 is 11.1 Å². The Morgan fingerprint density at radius 3 is 2.35 bits per heavy atom. The molecule has 0 aliphatic rings. The molecule has 0 unspecified atom stereocenters. The Kier molecular flexibility index (Phi) is 3.94. The molecule has 1 heterocycles. The van der Waals surface area contributed by atoms with Gasteiger partial charge in [0.1, 0.15) is 5.69 Å². The Morgan fingerprint density at radius 2 is 1.94 bits per heavy atom. The normalized spacial score (nSPS) is 12.4. The lowest BCUT2D eigenvalue weighted by molar-refractivity contribution is -0.00302. The van der Waals surface area contributed by atoms with Gasteiger partial charge >= 0.3 is 0 Å². The summed E-state index contributed by atoms with van der Waals surface area (Å²) >= 11 is 3.25. The first kappa shape index (κ1) is 14.1. The topological polar surface area (TPSA) is 62.2 Å². The molecule has 94 valence electrons. The first-order valence-electron chi connectivity index (χ1n) is 5.30. The van der Waals surface area contributed by atoms with Crippen LogP contribution in [0.25, 0.3) is 0 Å². The van der Waals surface area contributed by atoms with E-state index in [1.807, 2.05) is 0 Å². The Labute approximate surface area is 110 Å². The summed E-state index contributed by atoms with van der Waals surface area (Å²) in [5, 5.41) is 12.7. The quantitative estimate of drug-likeness (QED) is 0.899. The number of amides is 1. The Morgan fingerprint density at radius 1 is 1.35 bits per heavy atom. The third kappa shape index (κ3) is 3.51. The fourth-order valence-electron chi connectivity index (χ4n) is 1.01. The van der Waals surface area contributed by atoms with Gasteiger partial charge in [0.25, 0.3) is 5.91 Å². The molecule has 0 radical (unpaired) electrons. The molecule has 1 aromatic rings. The number of nitrogens with zero attached hydrogens (tertiary/aromatic N) is 1. The largest absolute Gasteiger partial charge is 0.388 e. The number of nitrogens with one attached hydrogen (secondary N) is 1. The van der Waals surface area contributed by atoms with Crippen LogP contribution in [-0.2, 0) is 0 Å². The van der Waals surface area contributed by atoms with Crippen molar-refractivity contribution >= 4 is 21.8 Å². The molecule has 5 heteroatoms. The van der Waals surface area contributed by atoms with Gasteiger partial charge in [-0.3, -0.25) is 4.79 Å². The lowest BCUT2D eigenvalue weighted by atomic mass is 9.86. The average Bonchev–Trinajstić information content (AvgIpc) is 2.16. The molecular weight excluding hydrogens is 284 g/mol. The zero-order valence-electron chi connectivity index (χ0n) is 10.4. The summed E-state index contributed by atoms with van der Waals surface area (Å²) in [4.78, 5) is 15.9. The molecule has 0 bridgehead atoms. The molecule has 0 saturated carbocycles. The molecule has 0 aliphatic heterocycles. The van der Waals surface area contributed by atoms with Crippen LogP contribution in [0.5, 0.6) is 0 Å². The van der Waals surface area contributed by atoms with Crippen molar-refractivity contribution in [2.24, 2.45) is 0 Å². The van der Waals surface area contributed by atoms with Crippen molar-refractivity contribution in [3.63, 3.8) is 0 Å². The summed E-state index contributed by atoms with van der Waals surface area (Å²) in [6.45, 7) is 6.85. The van der Waals surface area contributed by atoms with Gasteiger partial charge < -0.3 is 10.4 Å². The fourth-order valence-corrected chi connectivity index (χ4v) is 1.25. The van der Waals surface area contributed by atoms with E-state index in [0.29, 0.717) is 5.69 Å². The molecule has 17 heavy (non-hydrogen) atoms. The number of aromatic nitrogens is 1. The number of hydrogen-bond donors (Lipinski definition) is 2. The number of hydrogen-bond acceptors (Lipinski definition) is 3. The highest BCUT2D eigenvalue weighted by Gasteiger charge is 2.36. The van der Waals surface area contributed by atoms with Crippen molar-refractivity contribution in [2.75, 3.05) is 0 Å². The number of carbonyl (C=O) groups is 1. The van der Waals surface area contributed by atoms with Crippen LogP contribution in [0.2, 0.25) is 0 Å². The van der Waals surface area contributed by atoms with Crippen molar-refractivity contribution in [2.45, 2.75) is 38.8 Å². The molecule has 0 aliphatic carbocycles. The zero-order valence-corrected chi connectivity index (χ0v) is 12.0. The molecule has 1 aromatic heterocycles. The maximum absolute atomic E-state index is 11.9. The third-order valence-corrected chi connectivity index (χ3v) is 3.38. The Bertz CT molecular complexity index is 408. The summed E-state index contributed by atoms with van der Waals surface area (Å²) in [5.41, 5.74) is -1.43. The van der Waals surface area contributed by atoms with Crippen LogP contribution in [0, 0.1) is 0 Å². The second-order valence-corrected chi connectivity index (χ2v) is 5.92.